The third kappa shape index (κ3) is 14.6. The van der Waals surface area contributed by atoms with Gasteiger partial charge in [-0.3, -0.25) is 52.2 Å². The molecular weight excluding hydrogens is 941 g/mol. The number of hydrogen-bond acceptors (Lipinski definition) is 14. The van der Waals surface area contributed by atoms with Crippen molar-refractivity contribution in [2.75, 3.05) is 32.7 Å². The van der Waals surface area contributed by atoms with Crippen LogP contribution in [0.4, 0.5) is 0 Å². The molecule has 21 nitrogen and oxygen atoms in total. The molecule has 3 aromatic carbocycles. The number of aryl methyl sites for hydroxylation is 3. The largest absolute Gasteiger partial charge is 0.481 e. The van der Waals surface area contributed by atoms with Crippen molar-refractivity contribution >= 4 is 23.7 Å². The highest BCUT2D eigenvalue weighted by Crippen LogP contribution is 2.18. The van der Waals surface area contributed by atoms with Crippen LogP contribution in [0.5, 0.6) is 17.2 Å². The summed E-state index contributed by atoms with van der Waals surface area (Å²) in [5.41, 5.74) is -0.161. The van der Waals surface area contributed by atoms with Crippen molar-refractivity contribution in [2.24, 2.45) is 21.1 Å². The van der Waals surface area contributed by atoms with Crippen LogP contribution in [0.15, 0.2) is 105 Å². The highest BCUT2D eigenvalue weighted by atomic mass is 16.5. The topological polar surface area (TPSA) is 260 Å². The summed E-state index contributed by atoms with van der Waals surface area (Å²) >= 11 is 0. The number of ether oxygens (including phenoxy) is 3. The summed E-state index contributed by atoms with van der Waals surface area (Å²) in [4.78, 5) is 109. The van der Waals surface area contributed by atoms with Crippen molar-refractivity contribution in [3.05, 3.63) is 173 Å². The molecule has 0 aliphatic carbocycles. The van der Waals surface area contributed by atoms with Gasteiger partial charge in [0.1, 0.15) is 37.3 Å². The fourth-order valence-electron chi connectivity index (χ4n) is 7.50. The number of rotatable bonds is 25. The van der Waals surface area contributed by atoms with E-state index >= 15 is 0 Å². The van der Waals surface area contributed by atoms with Gasteiger partial charge in [-0.25, -0.2) is 15.0 Å². The lowest BCUT2D eigenvalue weighted by Crippen LogP contribution is -2.48. The van der Waals surface area contributed by atoms with E-state index in [1.807, 2.05) is 83.8 Å². The molecular formula is C52H60N10O11. The van der Waals surface area contributed by atoms with Crippen LogP contribution in [0.25, 0.3) is 0 Å². The predicted molar refractivity (Wildman–Crippen MR) is 269 cm³/mol. The molecule has 384 valence electrons. The van der Waals surface area contributed by atoms with Crippen LogP contribution < -0.4 is 46.8 Å². The maximum Gasteiger partial charge on any atom is 0.303 e. The zero-order valence-electron chi connectivity index (χ0n) is 41.7. The van der Waals surface area contributed by atoms with Crippen LogP contribution in [0.1, 0.15) is 84.9 Å². The number of carboxylic acids is 1. The molecule has 1 unspecified atom stereocenters. The van der Waals surface area contributed by atoms with Crippen molar-refractivity contribution in [2.45, 2.75) is 65.9 Å². The number of carbonyl (C=O) groups excluding carboxylic acids is 3. The molecule has 0 radical (unpaired) electrons. The lowest BCUT2D eigenvalue weighted by Gasteiger charge is -2.28. The maximum atomic E-state index is 14.3. The Hall–Kier alpha value is -8.46. The van der Waals surface area contributed by atoms with E-state index in [9.17, 15) is 38.7 Å². The summed E-state index contributed by atoms with van der Waals surface area (Å²) < 4.78 is 21.6. The number of carboxylic acid groups (broad SMARTS) is 1. The van der Waals surface area contributed by atoms with Crippen molar-refractivity contribution in [1.82, 2.24) is 49.5 Å². The molecule has 3 heterocycles. The van der Waals surface area contributed by atoms with Crippen LogP contribution >= 0.6 is 0 Å². The van der Waals surface area contributed by atoms with E-state index in [1.54, 1.807) is 32.9 Å². The molecule has 0 saturated heterocycles. The Kier molecular flexibility index (Phi) is 18.9. The molecule has 1 atom stereocenters. The summed E-state index contributed by atoms with van der Waals surface area (Å²) in [6, 6.07) is 26.5. The smallest absolute Gasteiger partial charge is 0.303 e. The number of amides is 3. The van der Waals surface area contributed by atoms with Gasteiger partial charge >= 0.3 is 5.97 Å². The fraction of sp³-hybridized carbons (Fsp3) is 0.346. The van der Waals surface area contributed by atoms with Crippen LogP contribution in [-0.4, -0.2) is 101 Å². The number of carbonyl (C=O) groups is 4. The van der Waals surface area contributed by atoms with E-state index in [0.29, 0.717) is 0 Å². The van der Waals surface area contributed by atoms with Crippen LogP contribution in [0, 0.1) is 20.8 Å². The molecule has 3 aromatic heterocycles. The summed E-state index contributed by atoms with van der Waals surface area (Å²) in [7, 11) is 4.54. The Morgan fingerprint density at radius 2 is 0.904 bits per heavy atom. The first kappa shape index (κ1) is 53.9. The molecule has 73 heavy (non-hydrogen) atoms. The van der Waals surface area contributed by atoms with Crippen LogP contribution in [-0.2, 0) is 45.8 Å². The Labute approximate surface area is 420 Å². The SMILES string of the molecule is Cc1nc(C(=O)NCCN(CCNC(=O)c2nc(C)n(C)c(=O)c2OCc2ccccc2)CC(CCCC(=O)O)NC(=O)c2nc(C)n(C)c(=O)c2OCc2ccccc2)c(OCc2ccccc2)c(=O)n1C. The van der Waals surface area contributed by atoms with Crippen LogP contribution in [0.3, 0.4) is 0 Å². The first-order chi connectivity index (χ1) is 35.0. The second-order valence-corrected chi connectivity index (χ2v) is 17.2. The minimum atomic E-state index is -1.05. The average molecular weight is 1000 g/mol. The second kappa shape index (κ2) is 25.6. The summed E-state index contributed by atoms with van der Waals surface area (Å²) in [6.07, 6.45) is 0.0679. The molecule has 6 aromatic rings. The molecule has 6 rings (SSSR count). The summed E-state index contributed by atoms with van der Waals surface area (Å²) in [5, 5.41) is 18.2. The molecule has 0 aliphatic rings. The number of nitrogens with one attached hydrogen (secondary N) is 3. The van der Waals surface area contributed by atoms with E-state index in [2.05, 4.69) is 30.9 Å². The van der Waals surface area contributed by atoms with Gasteiger partial charge in [-0.15, -0.1) is 0 Å². The van der Waals surface area contributed by atoms with Crippen molar-refractivity contribution < 1.29 is 38.5 Å². The highest BCUT2D eigenvalue weighted by molar-refractivity contribution is 5.96. The Balaban J connectivity index is 1.26. The molecule has 0 bridgehead atoms. The van der Waals surface area contributed by atoms with Gasteiger partial charge in [0.2, 0.25) is 17.2 Å². The van der Waals surface area contributed by atoms with Crippen molar-refractivity contribution in [3.8, 4) is 17.2 Å². The molecule has 0 spiro atoms. The molecule has 3 amide bonds. The van der Waals surface area contributed by atoms with Gasteiger partial charge in [0, 0.05) is 66.3 Å². The van der Waals surface area contributed by atoms with E-state index < -0.39 is 46.4 Å². The normalized spacial score (nSPS) is 11.4. The van der Waals surface area contributed by atoms with Gasteiger partial charge in [-0.1, -0.05) is 91.0 Å². The second-order valence-electron chi connectivity index (χ2n) is 17.2. The van der Waals surface area contributed by atoms with Gasteiger partial charge in [-0.2, -0.15) is 0 Å². The third-order valence-electron chi connectivity index (χ3n) is 11.9. The van der Waals surface area contributed by atoms with Gasteiger partial charge in [-0.05, 0) is 50.3 Å². The number of benzene rings is 3. The van der Waals surface area contributed by atoms with Gasteiger partial charge in [0.05, 0.1) is 0 Å². The van der Waals surface area contributed by atoms with E-state index in [4.69, 9.17) is 14.2 Å². The highest BCUT2D eigenvalue weighted by Gasteiger charge is 2.27. The molecule has 0 fully saturated rings. The standard InChI is InChI=1S/C52H60N10O11/c1-33-55-41(44(50(68)59(33)4)71-30-36-17-10-7-11-18-36)47(65)53-25-27-62(28-26-54-48(66)42-45(51(69)60(5)34(2)56-42)72-31-37-19-12-8-13-20-37)29-39(23-16-24-40(63)64)58-49(67)43-46(52(70)61(6)35(3)57-43)73-32-38-21-14-9-15-22-38/h7-15,17-22,39H,16,23-32H2,1-6H3,(H,53,65)(H,54,66)(H,58,67)(H,63,64). The van der Waals surface area contributed by atoms with Crippen LogP contribution in [0.2, 0.25) is 0 Å². The zero-order valence-corrected chi connectivity index (χ0v) is 41.7. The first-order valence-electron chi connectivity index (χ1n) is 23.6. The van der Waals surface area contributed by atoms with Gasteiger partial charge in [0.25, 0.3) is 34.4 Å². The predicted octanol–water partition coefficient (Wildman–Crippen LogP) is 3.15. The quantitative estimate of drug-likeness (QED) is 0.0643. The number of aliphatic carboxylic acids is 1. The van der Waals surface area contributed by atoms with Crippen molar-refractivity contribution in [1.29, 1.82) is 0 Å². The number of nitrogens with zero attached hydrogens (tertiary/aromatic N) is 7. The van der Waals surface area contributed by atoms with Gasteiger partial charge < -0.3 is 35.3 Å². The molecule has 4 N–H and O–H groups in total. The minimum absolute atomic E-state index is 0.00381. The van der Waals surface area contributed by atoms with E-state index in [0.717, 1.165) is 16.7 Å². The van der Waals surface area contributed by atoms with Crippen molar-refractivity contribution in [3.63, 3.8) is 0 Å². The number of hydrogen-bond donors (Lipinski definition) is 4. The zero-order chi connectivity index (χ0) is 52.6. The lowest BCUT2D eigenvalue weighted by molar-refractivity contribution is -0.137. The minimum Gasteiger partial charge on any atom is -0.481 e. The van der Waals surface area contributed by atoms with Gasteiger partial charge in [0.15, 0.2) is 17.1 Å². The monoisotopic (exact) mass is 1000 g/mol. The number of aromatic nitrogens is 6. The molecule has 0 aliphatic heterocycles. The Morgan fingerprint density at radius 3 is 1.25 bits per heavy atom. The Morgan fingerprint density at radius 1 is 0.562 bits per heavy atom. The fourth-order valence-corrected chi connectivity index (χ4v) is 7.50. The average Bonchev–Trinajstić information content (AvgIpc) is 3.38. The van der Waals surface area contributed by atoms with E-state index in [1.165, 1.54) is 34.8 Å². The Bertz CT molecular complexity index is 2960. The van der Waals surface area contributed by atoms with E-state index in [-0.39, 0.29) is 124 Å². The maximum absolute atomic E-state index is 14.3. The summed E-state index contributed by atoms with van der Waals surface area (Å²) in [6.45, 7) is 4.80. The molecule has 0 saturated carbocycles. The molecule has 21 heteroatoms. The summed E-state index contributed by atoms with van der Waals surface area (Å²) in [5.74, 6) is -3.19. The lowest BCUT2D eigenvalue weighted by atomic mass is 10.1. The first-order valence-corrected chi connectivity index (χ1v) is 23.6. The third-order valence-corrected chi connectivity index (χ3v) is 11.9.